The van der Waals surface area contributed by atoms with Crippen molar-refractivity contribution >= 4 is 51.7 Å². The Bertz CT molecular complexity index is 2430. The molecule has 2 atom stereocenters. The van der Waals surface area contributed by atoms with Crippen molar-refractivity contribution in [3.8, 4) is 5.75 Å². The van der Waals surface area contributed by atoms with Crippen LogP contribution in [0.5, 0.6) is 5.75 Å². The number of hydrogen-bond donors (Lipinski definition) is 2. The molecule has 0 unspecified atom stereocenters. The molecule has 6 aliphatic heterocycles. The number of β-lactam (4-membered cyclic amide) rings is 1. The number of benzene rings is 2. The Hall–Kier alpha value is -5.54. The molecule has 0 spiro atoms. The molecule has 0 aliphatic carbocycles. The first-order valence-corrected chi connectivity index (χ1v) is 22.8. The highest BCUT2D eigenvalue weighted by Gasteiger charge is 2.57. The summed E-state index contributed by atoms with van der Waals surface area (Å²) >= 11 is 0. The zero-order valence-corrected chi connectivity index (χ0v) is 36.6. The number of carbonyl (C=O) groups is 4. The van der Waals surface area contributed by atoms with Gasteiger partial charge in [-0.2, -0.15) is 0 Å². The Balaban J connectivity index is 0.683. The first-order chi connectivity index (χ1) is 30.5. The number of pyridine rings is 1. The van der Waals surface area contributed by atoms with Crippen LogP contribution in [-0.2, 0) is 20.9 Å². The number of aromatic nitrogens is 2. The number of amides is 4. The van der Waals surface area contributed by atoms with E-state index in [0.717, 1.165) is 113 Å². The van der Waals surface area contributed by atoms with Gasteiger partial charge in [0.05, 0.1) is 29.9 Å². The zero-order chi connectivity index (χ0) is 43.6. The molecule has 4 aromatic rings. The summed E-state index contributed by atoms with van der Waals surface area (Å²) in [4.78, 5) is 71.6. The highest BCUT2D eigenvalue weighted by atomic mass is 19.1. The molecule has 8 heterocycles. The van der Waals surface area contributed by atoms with Gasteiger partial charge in [-0.1, -0.05) is 0 Å². The zero-order valence-electron chi connectivity index (χ0n) is 36.6. The molecular weight excluding hydrogens is 802 g/mol. The van der Waals surface area contributed by atoms with Crippen LogP contribution in [0.4, 0.5) is 21.5 Å². The second-order valence-electron chi connectivity index (χ2n) is 19.1. The Morgan fingerprint density at radius 1 is 0.810 bits per heavy atom. The monoisotopic (exact) mass is 859 g/mol. The van der Waals surface area contributed by atoms with Crippen molar-refractivity contribution in [2.45, 2.75) is 71.0 Å². The lowest BCUT2D eigenvalue weighted by molar-refractivity contribution is -0.138. The van der Waals surface area contributed by atoms with E-state index in [0.29, 0.717) is 53.0 Å². The van der Waals surface area contributed by atoms with Gasteiger partial charge in [-0.25, -0.2) is 9.37 Å². The van der Waals surface area contributed by atoms with Gasteiger partial charge >= 0.3 is 0 Å². The Labute approximate surface area is 367 Å². The van der Waals surface area contributed by atoms with Crippen molar-refractivity contribution in [1.29, 1.82) is 0 Å². The van der Waals surface area contributed by atoms with E-state index in [2.05, 4.69) is 41.0 Å². The van der Waals surface area contributed by atoms with Crippen molar-refractivity contribution in [1.82, 2.24) is 30.0 Å². The quantitative estimate of drug-likeness (QED) is 0.159. The van der Waals surface area contributed by atoms with Crippen LogP contribution in [0.1, 0.15) is 79.9 Å². The number of piperazine rings is 1. The summed E-state index contributed by atoms with van der Waals surface area (Å²) in [7, 11) is 1.62. The Kier molecular flexibility index (Phi) is 10.9. The minimum absolute atomic E-state index is 0.0221. The predicted octanol–water partition coefficient (Wildman–Crippen LogP) is 5.34. The highest BCUT2D eigenvalue weighted by Crippen LogP contribution is 2.55. The third-order valence-corrected chi connectivity index (χ3v) is 14.9. The number of hydrogen-bond acceptors (Lipinski definition) is 10. The lowest BCUT2D eigenvalue weighted by Gasteiger charge is -2.53. The average molecular weight is 860 g/mol. The lowest BCUT2D eigenvalue weighted by atomic mass is 9.70. The molecule has 14 nitrogen and oxygen atoms in total. The second kappa shape index (κ2) is 16.5. The van der Waals surface area contributed by atoms with E-state index in [1.165, 1.54) is 0 Å². The first kappa shape index (κ1) is 41.5. The van der Waals surface area contributed by atoms with Gasteiger partial charge in [0, 0.05) is 119 Å². The number of nitrogens with one attached hydrogen (secondary N) is 2. The number of imide groups is 1. The fourth-order valence-electron chi connectivity index (χ4n) is 11.3. The van der Waals surface area contributed by atoms with Crippen LogP contribution in [-0.4, -0.2) is 127 Å². The third-order valence-electron chi connectivity index (χ3n) is 14.9. The SMILES string of the molecule is COc1cc(N2CCC(CN3CCN(CC4CCN(c5ccc6c(c5)CN([C@H]5CCC(=O)NC5=O)C6=O)CC4)CC3)CC2)c(F)cc1[C@@H]1N(c2ccnc3[nH]ccc23)C(=O)C1(C)C. The van der Waals surface area contributed by atoms with Crippen LogP contribution < -0.4 is 24.8 Å². The van der Waals surface area contributed by atoms with E-state index in [9.17, 15) is 19.2 Å². The Morgan fingerprint density at radius 2 is 1.49 bits per heavy atom. The van der Waals surface area contributed by atoms with Crippen molar-refractivity contribution < 1.29 is 28.3 Å². The van der Waals surface area contributed by atoms with E-state index in [4.69, 9.17) is 4.74 Å². The molecule has 5 saturated heterocycles. The number of H-pyrrole nitrogens is 1. The predicted molar refractivity (Wildman–Crippen MR) is 238 cm³/mol. The van der Waals surface area contributed by atoms with Crippen LogP contribution in [0.25, 0.3) is 11.0 Å². The van der Waals surface area contributed by atoms with Crippen LogP contribution in [0, 0.1) is 23.1 Å². The minimum atomic E-state index is -0.738. The van der Waals surface area contributed by atoms with E-state index in [1.807, 2.05) is 50.4 Å². The van der Waals surface area contributed by atoms with Crippen molar-refractivity contribution in [2.75, 3.05) is 87.3 Å². The van der Waals surface area contributed by atoms with Gasteiger partial charge < -0.3 is 39.1 Å². The smallest absolute Gasteiger partial charge is 0.255 e. The number of carbonyl (C=O) groups excluding carboxylic acids is 4. The van der Waals surface area contributed by atoms with E-state index < -0.39 is 17.5 Å². The fourth-order valence-corrected chi connectivity index (χ4v) is 11.3. The van der Waals surface area contributed by atoms with Crippen LogP contribution in [0.2, 0.25) is 0 Å². The normalized spacial score (nSPS) is 24.0. The molecule has 0 bridgehead atoms. The summed E-state index contributed by atoms with van der Waals surface area (Å²) in [6.07, 6.45) is 8.40. The number of nitrogens with zero attached hydrogens (tertiary/aromatic N) is 7. The third kappa shape index (κ3) is 7.60. The molecular formula is C48H58FN9O5. The molecule has 10 rings (SSSR count). The molecule has 15 heteroatoms. The molecule has 0 radical (unpaired) electrons. The maximum absolute atomic E-state index is 16.2. The summed E-state index contributed by atoms with van der Waals surface area (Å²) in [5.74, 6) is 0.720. The maximum atomic E-state index is 16.2. The van der Waals surface area contributed by atoms with Gasteiger partial charge in [0.1, 0.15) is 23.3 Å². The molecule has 0 saturated carbocycles. The van der Waals surface area contributed by atoms with Crippen molar-refractivity contribution in [3.63, 3.8) is 0 Å². The maximum Gasteiger partial charge on any atom is 0.255 e. The van der Waals surface area contributed by atoms with Crippen molar-refractivity contribution in [2.24, 2.45) is 17.3 Å². The van der Waals surface area contributed by atoms with Gasteiger partial charge in [-0.15, -0.1) is 0 Å². The number of methoxy groups -OCH3 is 1. The fraction of sp³-hybridized carbons (Fsp3) is 0.521. The summed E-state index contributed by atoms with van der Waals surface area (Å²) in [5.41, 5.74) is 4.68. The summed E-state index contributed by atoms with van der Waals surface area (Å²) in [5, 5.41) is 3.23. The molecule has 6 aliphatic rings. The van der Waals surface area contributed by atoms with Crippen LogP contribution in [0.3, 0.4) is 0 Å². The first-order valence-electron chi connectivity index (χ1n) is 22.8. The number of piperidine rings is 3. The second-order valence-corrected chi connectivity index (χ2v) is 19.1. The number of anilines is 3. The molecule has 2 aromatic heterocycles. The van der Waals surface area contributed by atoms with Gasteiger partial charge in [0.25, 0.3) is 5.91 Å². The lowest BCUT2D eigenvalue weighted by Crippen LogP contribution is -2.61. The largest absolute Gasteiger partial charge is 0.496 e. The topological polar surface area (TPSA) is 138 Å². The number of aromatic amines is 1. The van der Waals surface area contributed by atoms with E-state index in [-0.39, 0.29) is 35.9 Å². The molecule has 332 valence electrons. The number of ether oxygens (including phenoxy) is 1. The number of fused-ring (bicyclic) bond motifs is 2. The Morgan fingerprint density at radius 3 is 2.16 bits per heavy atom. The van der Waals surface area contributed by atoms with E-state index in [1.54, 1.807) is 29.2 Å². The number of rotatable bonds is 10. The van der Waals surface area contributed by atoms with E-state index >= 15 is 4.39 Å². The average Bonchev–Trinajstić information content (AvgIpc) is 3.91. The van der Waals surface area contributed by atoms with Gasteiger partial charge in [-0.05, 0) is 99.7 Å². The molecule has 2 aromatic carbocycles. The number of halogens is 1. The summed E-state index contributed by atoms with van der Waals surface area (Å²) in [6.45, 7) is 14.3. The molecule has 5 fully saturated rings. The standard InChI is InChI=1S/C48H58FN9O5/c1-48(2)43(58(47(48)62)38-9-15-51-44-35(38)8-14-50-44)36-25-37(49)40(26-41(36)63-3)56-18-12-31(13-19-56)28-54-22-20-53(21-23-54)27-30-10-16-55(17-11-30)33-4-5-34-32(24-33)29-57(46(34)61)39-6-7-42(59)52-45(39)60/h4-5,8-9,14-15,24-26,30-31,39,43H,6-7,10-13,16-23,27-29H2,1-3H3,(H,50,51)(H,52,59,60)/t39-,43-/m0/s1. The van der Waals surface area contributed by atoms with Crippen LogP contribution in [0.15, 0.2) is 54.9 Å². The van der Waals surface area contributed by atoms with Gasteiger partial charge in [0.15, 0.2) is 0 Å². The molecule has 4 amide bonds. The summed E-state index contributed by atoms with van der Waals surface area (Å²) in [6, 6.07) is 12.3. The highest BCUT2D eigenvalue weighted by molar-refractivity contribution is 6.10. The van der Waals surface area contributed by atoms with Gasteiger partial charge in [0.2, 0.25) is 17.7 Å². The molecule has 2 N–H and O–H groups in total. The van der Waals surface area contributed by atoms with Gasteiger partial charge in [-0.3, -0.25) is 24.5 Å². The minimum Gasteiger partial charge on any atom is -0.496 e. The van der Waals surface area contributed by atoms with Crippen molar-refractivity contribution in [3.05, 3.63) is 77.4 Å². The summed E-state index contributed by atoms with van der Waals surface area (Å²) < 4.78 is 22.1. The molecule has 63 heavy (non-hydrogen) atoms. The van der Waals surface area contributed by atoms with Crippen LogP contribution >= 0.6 is 0 Å².